The Kier molecular flexibility index (Phi) is 45.5. The molecular formula is C98H120Cl2N12O28. The maximum Gasteiger partial charge on any atom is 0.408 e. The van der Waals surface area contributed by atoms with Gasteiger partial charge in [-0.3, -0.25) is 19.7 Å². The number of aromatic nitrogens is 6. The number of carbonyl (C=O) groups is 3. The van der Waals surface area contributed by atoms with E-state index >= 15 is 0 Å². The second-order valence-electron chi connectivity index (χ2n) is 29.9. The maximum atomic E-state index is 12.5. The summed E-state index contributed by atoms with van der Waals surface area (Å²) in [5.41, 5.74) is 20.3. The van der Waals surface area contributed by atoms with E-state index in [1.54, 1.807) is 165 Å². The number of rotatable bonds is 30. The van der Waals surface area contributed by atoms with Gasteiger partial charge in [0.2, 0.25) is 34.8 Å². The zero-order chi connectivity index (χ0) is 99.3. The highest BCUT2D eigenvalue weighted by Gasteiger charge is 2.28. The second kappa shape index (κ2) is 56.2. The van der Waals surface area contributed by atoms with E-state index in [4.69, 9.17) is 120 Å². The number of nitrogens with zero attached hydrogens (tertiary/aromatic N) is 7. The Balaban J connectivity index is 0.000000270. The van der Waals surface area contributed by atoms with Gasteiger partial charge in [-0.05, 0) is 166 Å². The number of hydrogen-bond donors (Lipinski definition) is 5. The van der Waals surface area contributed by atoms with Crippen molar-refractivity contribution in [1.29, 1.82) is 0 Å². The first-order valence-corrected chi connectivity index (χ1v) is 42.2. The van der Waals surface area contributed by atoms with Crippen LogP contribution in [-0.4, -0.2) is 212 Å². The topological polar surface area (TPSA) is 480 Å². The molecule has 0 radical (unpaired) electrons. The summed E-state index contributed by atoms with van der Waals surface area (Å²) in [6.45, 7) is 8.78. The van der Waals surface area contributed by atoms with Gasteiger partial charge in [-0.15, -0.1) is 24.8 Å². The van der Waals surface area contributed by atoms with Crippen molar-refractivity contribution in [1.82, 2.24) is 35.5 Å². The van der Waals surface area contributed by atoms with Crippen LogP contribution < -0.4 is 103 Å². The van der Waals surface area contributed by atoms with E-state index in [2.05, 4.69) is 41.6 Å². The molecule has 0 spiro atoms. The number of benzene rings is 8. The van der Waals surface area contributed by atoms with E-state index in [9.17, 15) is 24.5 Å². The number of anilines is 3. The van der Waals surface area contributed by atoms with Crippen molar-refractivity contribution in [3.05, 3.63) is 175 Å². The average molecular weight is 1980 g/mol. The number of nitrogen functional groups attached to an aromatic ring is 1. The number of nitrogens with two attached hydrogens (primary N) is 2. The summed E-state index contributed by atoms with van der Waals surface area (Å²) in [4.78, 5) is 50.8. The molecular weight excluding hydrogens is 1860 g/mol. The van der Waals surface area contributed by atoms with Gasteiger partial charge in [0, 0.05) is 96.4 Å². The van der Waals surface area contributed by atoms with Crippen LogP contribution in [0.15, 0.2) is 183 Å². The predicted octanol–water partition coefficient (Wildman–Crippen LogP) is 18.5. The number of methoxy groups -OCH3 is 16. The first-order chi connectivity index (χ1) is 66.2. The van der Waals surface area contributed by atoms with Gasteiger partial charge in [-0.2, -0.15) is 0 Å². The second-order valence-corrected chi connectivity index (χ2v) is 29.9. The van der Waals surface area contributed by atoms with Gasteiger partial charge in [-0.1, -0.05) is 46.3 Å². The number of carbonyl (C=O) groups excluding carboxylic acids is 3. The Bertz CT molecular complexity index is 5980. The third-order valence-electron chi connectivity index (χ3n) is 20.1. The molecule has 0 aliphatic carbocycles. The highest BCUT2D eigenvalue weighted by molar-refractivity contribution is 5.97. The molecule has 7 N–H and O–H groups in total. The standard InChI is InChI=1S/C26H31N3O8.C21H23N3O6.C19H18N2O7.C19H20N2O5.C4H6N2.2C4H8O.CH4.2ClH/c1-26(2,3)36-25(31)27-14-22(30)29-18-10-15(8-9-19(18)32-4)17-13-28-37-23(17)16-11-20(33-5)24(35-7)21(12-16)34-6;1-26-16-6-5-12(7-15(16)24-19(25)10-22)14-11-23-30-20(14)13-8-17(27-2)21(29-4)18(9-13)28-3;1-24-15-6-5-11(7-14(15)21(22)23)13-10-20-28-18(13)12-8-16(25-2)19(27-4)17(9-12)26-3;1-22-15-6-5-11(7-14(15)20)13-10-21-26-18(13)12-8-16(23-2)19(25-4)17(9-12)24-3;1-6-3-2-5-4-6;2*1-2-4-5-3-1;;;/h8-13H,14H2,1-7H3,(H,27,31)(H,29,30);5-9,11H,10,22H2,1-4H3,(H,24,25);5-10H,1-4H3;5-10H,20H2,1-4H3;2-4H,1H3;2*1-4H2;1H4;2*1H. The molecule has 0 saturated carbocycles. The van der Waals surface area contributed by atoms with Crippen LogP contribution >= 0.6 is 24.8 Å². The van der Waals surface area contributed by atoms with E-state index in [-0.39, 0.29) is 62.7 Å². The Labute approximate surface area is 822 Å². The number of nitrogens with one attached hydrogen (secondary N) is 3. The Morgan fingerprint density at radius 3 is 0.943 bits per heavy atom. The highest BCUT2D eigenvalue weighted by atomic mass is 35.5. The van der Waals surface area contributed by atoms with Crippen LogP contribution in [-0.2, 0) is 30.8 Å². The molecule has 15 rings (SSSR count). The molecule has 13 aromatic rings. The number of aryl methyl sites for hydroxylation is 1. The molecule has 42 heteroatoms. The fourth-order valence-corrected chi connectivity index (χ4v) is 13.5. The molecule has 7 heterocycles. The van der Waals surface area contributed by atoms with E-state index in [0.717, 1.165) is 48.7 Å². The summed E-state index contributed by atoms with van der Waals surface area (Å²) in [6, 6.07) is 34.8. The summed E-state index contributed by atoms with van der Waals surface area (Å²) < 4.78 is 125. The van der Waals surface area contributed by atoms with Crippen LogP contribution in [0.4, 0.5) is 27.5 Å². The van der Waals surface area contributed by atoms with Crippen LogP contribution in [0.1, 0.15) is 53.9 Å². The smallest absolute Gasteiger partial charge is 0.408 e. The van der Waals surface area contributed by atoms with Gasteiger partial charge in [0.25, 0.3) is 0 Å². The zero-order valence-electron chi connectivity index (χ0n) is 80.7. The first-order valence-electron chi connectivity index (χ1n) is 42.2. The number of imidazole rings is 1. The Morgan fingerprint density at radius 2 is 0.700 bits per heavy atom. The monoisotopic (exact) mass is 1980 g/mol. The molecule has 3 amide bonds. The summed E-state index contributed by atoms with van der Waals surface area (Å²) in [5.74, 6) is 8.53. The van der Waals surface area contributed by atoms with Crippen LogP contribution in [0.3, 0.4) is 0 Å². The predicted molar refractivity (Wildman–Crippen MR) is 530 cm³/mol. The molecule has 2 aliphatic rings. The SMILES string of the molecule is C.C1CCOC1.C1CCOC1.COc1ccc(-c2cnoc2-c2cc(OC)c(OC)c(OC)c2)cc1N.COc1ccc(-c2cnoc2-c2cc(OC)c(OC)c(OC)c2)cc1NC(=O)CN.COc1ccc(-c2cnoc2-c2cc(OC)c(OC)c(OC)c2)cc1NC(=O)CNC(=O)OC(C)(C)C.COc1ccc(-c2cnoc2-c2cc(OC)c(OC)c(OC)c2)cc1[N+](=O)[O-].Cl.Cl.Cn1ccnc1. The fraction of sp³-hybridized carbons (Fsp3) is 0.327. The third kappa shape index (κ3) is 30.0. The summed E-state index contributed by atoms with van der Waals surface area (Å²) in [7, 11) is 26.3. The van der Waals surface area contributed by atoms with E-state index in [0.29, 0.717) is 171 Å². The molecule has 140 heavy (non-hydrogen) atoms. The first kappa shape index (κ1) is 113. The lowest BCUT2D eigenvalue weighted by atomic mass is 10.0. The number of alkyl carbamates (subject to hydrolysis) is 1. The lowest BCUT2D eigenvalue weighted by Gasteiger charge is -2.19. The van der Waals surface area contributed by atoms with Crippen molar-refractivity contribution >= 4 is 65.5 Å². The lowest BCUT2D eigenvalue weighted by molar-refractivity contribution is -0.385. The van der Waals surface area contributed by atoms with E-state index in [1.807, 2.05) is 42.1 Å². The summed E-state index contributed by atoms with van der Waals surface area (Å²) in [6.07, 6.45) is 16.1. The number of ether oxygens (including phenoxy) is 19. The maximum absolute atomic E-state index is 12.5. The quantitative estimate of drug-likeness (QED) is 0.0159. The molecule has 2 aliphatic heterocycles. The molecule has 754 valence electrons. The lowest BCUT2D eigenvalue weighted by Crippen LogP contribution is -2.37. The molecule has 2 saturated heterocycles. The van der Waals surface area contributed by atoms with Gasteiger partial charge in [0.15, 0.2) is 74.8 Å². The van der Waals surface area contributed by atoms with Crippen molar-refractivity contribution in [2.24, 2.45) is 12.8 Å². The van der Waals surface area contributed by atoms with Crippen LogP contribution in [0, 0.1) is 10.1 Å². The third-order valence-corrected chi connectivity index (χ3v) is 20.1. The van der Waals surface area contributed by atoms with Crippen molar-refractivity contribution in [2.75, 3.05) is 170 Å². The van der Waals surface area contributed by atoms with E-state index in [1.165, 1.54) is 129 Å². The van der Waals surface area contributed by atoms with Crippen LogP contribution in [0.5, 0.6) is 92.0 Å². The largest absolute Gasteiger partial charge is 0.495 e. The summed E-state index contributed by atoms with van der Waals surface area (Å²) >= 11 is 0. The normalized spacial score (nSPS) is 11.2. The van der Waals surface area contributed by atoms with Crippen molar-refractivity contribution < 1.29 is 127 Å². The van der Waals surface area contributed by atoms with Gasteiger partial charge in [0.05, 0.1) is 173 Å². The zero-order valence-corrected chi connectivity index (χ0v) is 82.3. The highest BCUT2D eigenvalue weighted by Crippen LogP contribution is 2.50. The average Bonchev–Trinajstić information content (AvgIpc) is 1.49. The van der Waals surface area contributed by atoms with E-state index < -0.39 is 22.5 Å². The van der Waals surface area contributed by atoms with Crippen molar-refractivity contribution in [3.8, 4) is 182 Å². The number of amides is 3. The molecule has 5 aromatic heterocycles. The van der Waals surface area contributed by atoms with Gasteiger partial charge in [0.1, 0.15) is 29.4 Å². The molecule has 0 atom stereocenters. The molecule has 0 unspecified atom stereocenters. The molecule has 40 nitrogen and oxygen atoms in total. The van der Waals surface area contributed by atoms with Gasteiger partial charge in [-0.25, -0.2) is 9.78 Å². The fourth-order valence-electron chi connectivity index (χ4n) is 13.5. The minimum absolute atomic E-state index is 0. The van der Waals surface area contributed by atoms with Crippen molar-refractivity contribution in [3.63, 3.8) is 0 Å². The summed E-state index contributed by atoms with van der Waals surface area (Å²) in [5, 5.41) is 35.0. The van der Waals surface area contributed by atoms with Crippen molar-refractivity contribution in [2.45, 2.75) is 59.5 Å². The van der Waals surface area contributed by atoms with Gasteiger partial charge < -0.3 is 140 Å². The van der Waals surface area contributed by atoms with Crippen LogP contribution in [0.2, 0.25) is 0 Å². The number of nitro groups is 1. The van der Waals surface area contributed by atoms with Crippen LogP contribution in [0.25, 0.3) is 89.8 Å². The Hall–Kier alpha value is -15.5. The number of halogens is 2. The minimum atomic E-state index is -0.692. The van der Waals surface area contributed by atoms with Gasteiger partial charge >= 0.3 is 11.8 Å². The minimum Gasteiger partial charge on any atom is -0.495 e. The number of nitro benzene ring substituents is 1. The Morgan fingerprint density at radius 1 is 0.407 bits per heavy atom. The molecule has 0 bridgehead atoms. The molecule has 8 aromatic carbocycles. The number of hydrogen-bond acceptors (Lipinski definition) is 35. The molecule has 2 fully saturated rings.